The van der Waals surface area contributed by atoms with Crippen LogP contribution in [0.5, 0.6) is 0 Å². The van der Waals surface area contributed by atoms with Crippen LogP contribution in [0.2, 0.25) is 0 Å². The van der Waals surface area contributed by atoms with Gasteiger partial charge < -0.3 is 15.7 Å². The summed E-state index contributed by atoms with van der Waals surface area (Å²) in [4.78, 5) is 2.16. The van der Waals surface area contributed by atoms with Crippen LogP contribution in [0.25, 0.3) is 0 Å². The Labute approximate surface area is 120 Å². The van der Waals surface area contributed by atoms with Crippen LogP contribution in [-0.2, 0) is 0 Å². The Kier molecular flexibility index (Phi) is 4.64. The number of aliphatic hydroxyl groups excluding tert-OH is 1. The summed E-state index contributed by atoms with van der Waals surface area (Å²) in [6.45, 7) is 5.54. The molecule has 0 bridgehead atoms. The van der Waals surface area contributed by atoms with E-state index >= 15 is 0 Å². The normalized spacial score (nSPS) is 12.2. The first kappa shape index (κ1) is 14.4. The molecule has 0 saturated heterocycles. The highest BCUT2D eigenvalue weighted by atomic mass is 16.3. The molecule has 2 aromatic carbocycles. The van der Waals surface area contributed by atoms with Crippen LogP contribution in [0.4, 0.5) is 11.4 Å². The van der Waals surface area contributed by atoms with Crippen LogP contribution in [0, 0.1) is 6.92 Å². The Bertz CT molecular complexity index is 568. The van der Waals surface area contributed by atoms with E-state index in [0.29, 0.717) is 12.2 Å². The van der Waals surface area contributed by atoms with Gasteiger partial charge >= 0.3 is 0 Å². The number of likely N-dealkylation sites (N-methyl/N-ethyl adjacent to an activating group) is 1. The molecular formula is C17H22N2O. The summed E-state index contributed by atoms with van der Waals surface area (Å²) in [6, 6.07) is 15.8. The molecule has 1 atom stereocenters. The summed E-state index contributed by atoms with van der Waals surface area (Å²) in [5.74, 6) is 0. The fraction of sp³-hybridized carbons (Fsp3) is 0.294. The Morgan fingerprint density at radius 2 is 1.90 bits per heavy atom. The molecule has 2 aromatic rings. The third kappa shape index (κ3) is 3.31. The van der Waals surface area contributed by atoms with Crippen LogP contribution < -0.4 is 10.6 Å². The van der Waals surface area contributed by atoms with Gasteiger partial charge in [0.1, 0.15) is 0 Å². The molecule has 0 aliphatic carbocycles. The van der Waals surface area contributed by atoms with E-state index in [-0.39, 0.29) is 0 Å². The monoisotopic (exact) mass is 270 g/mol. The molecule has 0 aliphatic rings. The maximum atomic E-state index is 10.4. The second-order valence-electron chi connectivity index (χ2n) is 5.02. The molecule has 0 amide bonds. The van der Waals surface area contributed by atoms with Crippen LogP contribution in [0.1, 0.15) is 24.2 Å². The molecule has 0 saturated carbocycles. The molecule has 1 unspecified atom stereocenters. The summed E-state index contributed by atoms with van der Waals surface area (Å²) in [5.41, 5.74) is 9.70. The van der Waals surface area contributed by atoms with Crippen molar-refractivity contribution >= 4 is 11.4 Å². The molecule has 3 N–H and O–H groups in total. The Balaban J connectivity index is 2.16. The summed E-state index contributed by atoms with van der Waals surface area (Å²) in [5, 5.41) is 10.4. The molecule has 0 fully saturated rings. The number of nitrogens with zero attached hydrogens (tertiary/aromatic N) is 1. The minimum absolute atomic E-state index is 0.536. The van der Waals surface area contributed by atoms with Crippen LogP contribution in [0.15, 0.2) is 48.5 Å². The SMILES string of the molecule is CCN(CC(O)c1ccccc1N)c1cccc(C)c1. The van der Waals surface area contributed by atoms with Crippen LogP contribution in [-0.4, -0.2) is 18.2 Å². The van der Waals surface area contributed by atoms with E-state index in [4.69, 9.17) is 5.73 Å². The quantitative estimate of drug-likeness (QED) is 0.821. The maximum Gasteiger partial charge on any atom is 0.0984 e. The van der Waals surface area contributed by atoms with E-state index in [1.807, 2.05) is 30.3 Å². The molecule has 0 aromatic heterocycles. The number of aryl methyl sites for hydroxylation is 1. The fourth-order valence-corrected chi connectivity index (χ4v) is 2.36. The predicted octanol–water partition coefficient (Wildman–Crippen LogP) is 3.14. The summed E-state index contributed by atoms with van der Waals surface area (Å²) >= 11 is 0. The van der Waals surface area contributed by atoms with Crippen LogP contribution >= 0.6 is 0 Å². The Morgan fingerprint density at radius 3 is 2.55 bits per heavy atom. The second-order valence-corrected chi connectivity index (χ2v) is 5.02. The lowest BCUT2D eigenvalue weighted by molar-refractivity contribution is 0.184. The number of benzene rings is 2. The first-order valence-corrected chi connectivity index (χ1v) is 6.96. The van der Waals surface area contributed by atoms with Crippen molar-refractivity contribution in [1.82, 2.24) is 0 Å². The van der Waals surface area contributed by atoms with E-state index in [1.165, 1.54) is 5.56 Å². The summed E-state index contributed by atoms with van der Waals surface area (Å²) in [6.07, 6.45) is -0.586. The van der Waals surface area contributed by atoms with Crippen molar-refractivity contribution in [3.8, 4) is 0 Å². The molecule has 0 aliphatic heterocycles. The average Bonchev–Trinajstić information content (AvgIpc) is 2.45. The van der Waals surface area contributed by atoms with Gasteiger partial charge in [-0.25, -0.2) is 0 Å². The summed E-state index contributed by atoms with van der Waals surface area (Å²) < 4.78 is 0. The molecule has 106 valence electrons. The van der Waals surface area contributed by atoms with Gasteiger partial charge in [0.15, 0.2) is 0 Å². The van der Waals surface area contributed by atoms with E-state index in [0.717, 1.165) is 17.8 Å². The molecular weight excluding hydrogens is 248 g/mol. The number of nitrogen functional groups attached to an aromatic ring is 1. The van der Waals surface area contributed by atoms with Gasteiger partial charge in [-0.2, -0.15) is 0 Å². The van der Waals surface area contributed by atoms with E-state index in [9.17, 15) is 5.11 Å². The minimum atomic E-state index is -0.586. The van der Waals surface area contributed by atoms with Gasteiger partial charge in [-0.15, -0.1) is 0 Å². The lowest BCUT2D eigenvalue weighted by Crippen LogP contribution is -2.28. The number of anilines is 2. The molecule has 0 heterocycles. The largest absolute Gasteiger partial charge is 0.398 e. The van der Waals surface area contributed by atoms with Gasteiger partial charge in [-0.1, -0.05) is 30.3 Å². The van der Waals surface area contributed by atoms with Crippen molar-refractivity contribution in [2.75, 3.05) is 23.7 Å². The van der Waals surface area contributed by atoms with Crippen molar-refractivity contribution in [3.63, 3.8) is 0 Å². The van der Waals surface area contributed by atoms with Gasteiger partial charge in [0.05, 0.1) is 6.10 Å². The molecule has 20 heavy (non-hydrogen) atoms. The van der Waals surface area contributed by atoms with Crippen molar-refractivity contribution in [2.24, 2.45) is 0 Å². The zero-order valence-corrected chi connectivity index (χ0v) is 12.1. The van der Waals surface area contributed by atoms with E-state index < -0.39 is 6.10 Å². The zero-order chi connectivity index (χ0) is 14.5. The van der Waals surface area contributed by atoms with Gasteiger partial charge in [-0.3, -0.25) is 0 Å². The number of aliphatic hydroxyl groups is 1. The third-order valence-corrected chi connectivity index (χ3v) is 3.50. The van der Waals surface area contributed by atoms with Crippen molar-refractivity contribution in [2.45, 2.75) is 20.0 Å². The second kappa shape index (κ2) is 6.44. The van der Waals surface area contributed by atoms with Crippen molar-refractivity contribution in [1.29, 1.82) is 0 Å². The third-order valence-electron chi connectivity index (χ3n) is 3.50. The molecule has 2 rings (SSSR count). The summed E-state index contributed by atoms with van der Waals surface area (Å²) in [7, 11) is 0. The first-order valence-electron chi connectivity index (χ1n) is 6.96. The molecule has 0 spiro atoms. The highest BCUT2D eigenvalue weighted by molar-refractivity contribution is 5.51. The molecule has 3 heteroatoms. The number of hydrogen-bond acceptors (Lipinski definition) is 3. The standard InChI is InChI=1S/C17H22N2O/c1-3-19(14-8-6-7-13(2)11-14)12-17(20)15-9-4-5-10-16(15)18/h4-11,17,20H,3,12,18H2,1-2H3. The lowest BCUT2D eigenvalue weighted by Gasteiger charge is -2.27. The lowest BCUT2D eigenvalue weighted by atomic mass is 10.1. The van der Waals surface area contributed by atoms with Crippen molar-refractivity contribution < 1.29 is 5.11 Å². The number of hydrogen-bond donors (Lipinski definition) is 2. The fourth-order valence-electron chi connectivity index (χ4n) is 2.36. The van der Waals surface area contributed by atoms with Crippen molar-refractivity contribution in [3.05, 3.63) is 59.7 Å². The predicted molar refractivity (Wildman–Crippen MR) is 84.9 cm³/mol. The first-order chi connectivity index (χ1) is 9.61. The van der Waals surface area contributed by atoms with Gasteiger partial charge in [0.2, 0.25) is 0 Å². The Hall–Kier alpha value is -2.00. The highest BCUT2D eigenvalue weighted by Gasteiger charge is 2.15. The molecule has 3 nitrogen and oxygen atoms in total. The maximum absolute atomic E-state index is 10.4. The van der Waals surface area contributed by atoms with Gasteiger partial charge in [0, 0.05) is 30.0 Å². The Morgan fingerprint density at radius 1 is 1.15 bits per heavy atom. The van der Waals surface area contributed by atoms with E-state index in [2.05, 4.69) is 36.9 Å². The van der Waals surface area contributed by atoms with Gasteiger partial charge in [-0.05, 0) is 37.6 Å². The number of nitrogens with two attached hydrogens (primary N) is 1. The van der Waals surface area contributed by atoms with E-state index in [1.54, 1.807) is 0 Å². The zero-order valence-electron chi connectivity index (χ0n) is 12.1. The number of para-hydroxylation sites is 1. The minimum Gasteiger partial charge on any atom is -0.398 e. The smallest absolute Gasteiger partial charge is 0.0984 e. The van der Waals surface area contributed by atoms with Crippen LogP contribution in [0.3, 0.4) is 0 Å². The topological polar surface area (TPSA) is 49.5 Å². The average molecular weight is 270 g/mol. The number of rotatable bonds is 5. The molecule has 0 radical (unpaired) electrons. The van der Waals surface area contributed by atoms with Gasteiger partial charge in [0.25, 0.3) is 0 Å². The highest BCUT2D eigenvalue weighted by Crippen LogP contribution is 2.23.